The molecule has 0 spiro atoms. The van der Waals surface area contributed by atoms with Gasteiger partial charge in [0.25, 0.3) is 11.6 Å². The second kappa shape index (κ2) is 10.6. The van der Waals surface area contributed by atoms with Gasteiger partial charge in [0.05, 0.1) is 17.1 Å². The van der Waals surface area contributed by atoms with Crippen LogP contribution < -0.4 is 10.6 Å². The number of ether oxygens (including phenoxy) is 2. The summed E-state index contributed by atoms with van der Waals surface area (Å²) in [5.74, 6) is -1.74. The molecule has 1 rings (SSSR count). The molecule has 1 aromatic rings. The van der Waals surface area contributed by atoms with E-state index in [9.17, 15) is 24.5 Å². The number of carbonyl (C=O) groups excluding carboxylic acids is 3. The summed E-state index contributed by atoms with van der Waals surface area (Å²) in [4.78, 5) is 45.0. The van der Waals surface area contributed by atoms with Gasteiger partial charge in [0, 0.05) is 26.1 Å². The third-order valence-corrected chi connectivity index (χ3v) is 3.22. The quantitative estimate of drug-likeness (QED) is 0.273. The highest BCUT2D eigenvalue weighted by Crippen LogP contribution is 2.25. The summed E-state index contributed by atoms with van der Waals surface area (Å²) in [5.41, 5.74) is -0.0536. The summed E-state index contributed by atoms with van der Waals surface area (Å²) in [6.07, 6.45) is 0.575. The monoisotopic (exact) mass is 367 g/mol. The third-order valence-electron chi connectivity index (χ3n) is 3.22. The fourth-order valence-electron chi connectivity index (χ4n) is 1.98. The van der Waals surface area contributed by atoms with E-state index >= 15 is 0 Å². The molecule has 0 aliphatic heterocycles. The van der Waals surface area contributed by atoms with Crippen molar-refractivity contribution in [3.05, 3.63) is 33.9 Å². The summed E-state index contributed by atoms with van der Waals surface area (Å²) in [6, 6.07) is 3.81. The number of nitro groups is 1. The highest BCUT2D eigenvalue weighted by Gasteiger charge is 2.18. The number of nitrogens with one attached hydrogen (secondary N) is 2. The molecule has 0 bridgehead atoms. The van der Waals surface area contributed by atoms with Crippen LogP contribution in [0.25, 0.3) is 0 Å². The van der Waals surface area contributed by atoms with Gasteiger partial charge < -0.3 is 20.1 Å². The number of hydrogen-bond acceptors (Lipinski definition) is 8. The number of nitrogens with zero attached hydrogens (tertiary/aromatic N) is 1. The Bertz CT molecular complexity index is 676. The van der Waals surface area contributed by atoms with Gasteiger partial charge in [-0.05, 0) is 25.5 Å². The molecule has 142 valence electrons. The van der Waals surface area contributed by atoms with Gasteiger partial charge >= 0.3 is 11.9 Å². The Labute approximate surface area is 150 Å². The standard InChI is InChI=1S/C16H21N3O7/c1-3-25-15(21)5-4-8-18-14(20)10-26-16(22)11-6-7-12(17-2)13(9-11)19(23)24/h6-7,9,17H,3-5,8,10H2,1-2H3,(H,18,20). The Morgan fingerprint density at radius 3 is 2.58 bits per heavy atom. The number of rotatable bonds is 10. The molecule has 0 unspecified atom stereocenters. The number of amides is 1. The van der Waals surface area contributed by atoms with Crippen molar-refractivity contribution in [3.8, 4) is 0 Å². The summed E-state index contributed by atoms with van der Waals surface area (Å²) < 4.78 is 9.58. The smallest absolute Gasteiger partial charge is 0.338 e. The molecule has 10 heteroatoms. The van der Waals surface area contributed by atoms with Crippen LogP contribution in [-0.4, -0.2) is 49.6 Å². The largest absolute Gasteiger partial charge is 0.466 e. The predicted molar refractivity (Wildman–Crippen MR) is 91.8 cm³/mol. The van der Waals surface area contributed by atoms with Crippen molar-refractivity contribution in [2.24, 2.45) is 0 Å². The minimum Gasteiger partial charge on any atom is -0.466 e. The van der Waals surface area contributed by atoms with Gasteiger partial charge in [-0.25, -0.2) is 4.79 Å². The highest BCUT2D eigenvalue weighted by molar-refractivity contribution is 5.93. The molecule has 0 aliphatic carbocycles. The lowest BCUT2D eigenvalue weighted by atomic mass is 10.1. The van der Waals surface area contributed by atoms with Crippen molar-refractivity contribution in [2.45, 2.75) is 19.8 Å². The average Bonchev–Trinajstić information content (AvgIpc) is 2.62. The fourth-order valence-corrected chi connectivity index (χ4v) is 1.98. The average molecular weight is 367 g/mol. The Kier molecular flexibility index (Phi) is 8.55. The van der Waals surface area contributed by atoms with Crippen LogP contribution >= 0.6 is 0 Å². The Morgan fingerprint density at radius 1 is 1.23 bits per heavy atom. The van der Waals surface area contributed by atoms with Crippen molar-refractivity contribution in [2.75, 3.05) is 32.1 Å². The van der Waals surface area contributed by atoms with Gasteiger partial charge in [-0.3, -0.25) is 19.7 Å². The van der Waals surface area contributed by atoms with Gasteiger partial charge in [0.2, 0.25) is 0 Å². The zero-order valence-corrected chi connectivity index (χ0v) is 14.6. The van der Waals surface area contributed by atoms with Gasteiger partial charge in [-0.1, -0.05) is 0 Å². The van der Waals surface area contributed by atoms with Crippen molar-refractivity contribution in [1.82, 2.24) is 5.32 Å². The first-order valence-corrected chi connectivity index (χ1v) is 7.94. The first-order chi connectivity index (χ1) is 12.4. The van der Waals surface area contributed by atoms with Crippen molar-refractivity contribution >= 4 is 29.2 Å². The van der Waals surface area contributed by atoms with E-state index in [2.05, 4.69) is 10.6 Å². The summed E-state index contributed by atoms with van der Waals surface area (Å²) in [7, 11) is 1.52. The number of anilines is 1. The Morgan fingerprint density at radius 2 is 1.96 bits per heavy atom. The van der Waals surface area contributed by atoms with E-state index < -0.39 is 23.4 Å². The molecule has 0 heterocycles. The van der Waals surface area contributed by atoms with Crippen molar-refractivity contribution in [1.29, 1.82) is 0 Å². The lowest BCUT2D eigenvalue weighted by molar-refractivity contribution is -0.384. The molecule has 0 radical (unpaired) electrons. The van der Waals surface area contributed by atoms with Crippen LogP contribution in [0.1, 0.15) is 30.1 Å². The second-order valence-electron chi connectivity index (χ2n) is 5.07. The number of nitro benzene ring substituents is 1. The Balaban J connectivity index is 2.44. The Hall–Kier alpha value is -3.17. The molecular formula is C16H21N3O7. The lowest BCUT2D eigenvalue weighted by Gasteiger charge is -2.07. The van der Waals surface area contributed by atoms with E-state index in [4.69, 9.17) is 9.47 Å². The highest BCUT2D eigenvalue weighted by atomic mass is 16.6. The fraction of sp³-hybridized carbons (Fsp3) is 0.438. The number of hydrogen-bond donors (Lipinski definition) is 2. The maximum Gasteiger partial charge on any atom is 0.338 e. The minimum atomic E-state index is -0.850. The molecule has 0 saturated heterocycles. The van der Waals surface area contributed by atoms with Gasteiger partial charge in [-0.15, -0.1) is 0 Å². The van der Waals surface area contributed by atoms with Gasteiger partial charge in [0.15, 0.2) is 6.61 Å². The van der Waals surface area contributed by atoms with Crippen LogP contribution in [-0.2, 0) is 19.1 Å². The van der Waals surface area contributed by atoms with Crippen LogP contribution in [0.3, 0.4) is 0 Å². The van der Waals surface area contributed by atoms with Crippen molar-refractivity contribution in [3.63, 3.8) is 0 Å². The molecule has 0 saturated carbocycles. The van der Waals surface area contributed by atoms with Crippen LogP contribution in [0.5, 0.6) is 0 Å². The molecule has 26 heavy (non-hydrogen) atoms. The molecule has 0 atom stereocenters. The maximum atomic E-state index is 11.9. The lowest BCUT2D eigenvalue weighted by Crippen LogP contribution is -2.30. The third kappa shape index (κ3) is 6.75. The van der Waals surface area contributed by atoms with Crippen LogP contribution in [0.15, 0.2) is 18.2 Å². The van der Waals surface area contributed by atoms with E-state index in [1.165, 1.54) is 19.2 Å². The summed E-state index contributed by atoms with van der Waals surface area (Å²) in [5, 5.41) is 16.1. The van der Waals surface area contributed by atoms with E-state index in [1.807, 2.05) is 0 Å². The van der Waals surface area contributed by atoms with Crippen molar-refractivity contribution < 1.29 is 28.8 Å². The normalized spacial score (nSPS) is 9.92. The predicted octanol–water partition coefficient (Wildman–Crippen LogP) is 1.25. The first-order valence-electron chi connectivity index (χ1n) is 7.94. The number of carbonyl (C=O) groups is 3. The molecule has 2 N–H and O–H groups in total. The van der Waals surface area contributed by atoms with Gasteiger partial charge in [0.1, 0.15) is 5.69 Å². The van der Waals surface area contributed by atoms with Gasteiger partial charge in [-0.2, -0.15) is 0 Å². The SMILES string of the molecule is CCOC(=O)CCCNC(=O)COC(=O)c1ccc(NC)c([N+](=O)[O-])c1. The van der Waals surface area contributed by atoms with E-state index in [1.54, 1.807) is 6.92 Å². The second-order valence-corrected chi connectivity index (χ2v) is 5.07. The molecule has 0 aromatic heterocycles. The molecule has 0 aliphatic rings. The number of benzene rings is 1. The molecule has 1 aromatic carbocycles. The van der Waals surface area contributed by atoms with Crippen LogP contribution in [0.4, 0.5) is 11.4 Å². The maximum absolute atomic E-state index is 11.9. The number of esters is 2. The topological polar surface area (TPSA) is 137 Å². The molecule has 10 nitrogen and oxygen atoms in total. The first kappa shape index (κ1) is 20.9. The molecule has 0 fully saturated rings. The minimum absolute atomic E-state index is 0.0363. The zero-order chi connectivity index (χ0) is 19.5. The molecular weight excluding hydrogens is 346 g/mol. The van der Waals surface area contributed by atoms with E-state index in [0.717, 1.165) is 6.07 Å². The zero-order valence-electron chi connectivity index (χ0n) is 14.6. The van der Waals surface area contributed by atoms with E-state index in [0.29, 0.717) is 13.0 Å². The molecule has 1 amide bonds. The van der Waals surface area contributed by atoms with E-state index in [-0.39, 0.29) is 35.9 Å². The van der Waals surface area contributed by atoms with Crippen LogP contribution in [0.2, 0.25) is 0 Å². The summed E-state index contributed by atoms with van der Waals surface area (Å²) in [6.45, 7) is 1.71. The van der Waals surface area contributed by atoms with Crippen LogP contribution in [0, 0.1) is 10.1 Å². The summed E-state index contributed by atoms with van der Waals surface area (Å²) >= 11 is 0.